The van der Waals surface area contributed by atoms with Crippen molar-refractivity contribution in [1.82, 2.24) is 10.2 Å². The van der Waals surface area contributed by atoms with E-state index in [0.29, 0.717) is 17.8 Å². The Kier molecular flexibility index (Phi) is 5.87. The van der Waals surface area contributed by atoms with Gasteiger partial charge in [0.2, 0.25) is 5.91 Å². The standard InChI is InChI=1S/C15H23N3O3/c1-11(19)17-13-7-5-6-12(8-13)14(20)16-9-15(2,21)10-18(3)4/h5-8,21H,9-10H2,1-4H3,(H,16,20)(H,17,19). The van der Waals surface area contributed by atoms with Gasteiger partial charge in [-0.2, -0.15) is 0 Å². The predicted octanol–water partition coefficient (Wildman–Crippen LogP) is 0.687. The van der Waals surface area contributed by atoms with Crippen LogP contribution in [0.4, 0.5) is 5.69 Å². The van der Waals surface area contributed by atoms with Crippen LogP contribution in [0.5, 0.6) is 0 Å². The molecular weight excluding hydrogens is 270 g/mol. The maximum Gasteiger partial charge on any atom is 0.251 e. The summed E-state index contributed by atoms with van der Waals surface area (Å²) >= 11 is 0. The van der Waals surface area contributed by atoms with Crippen LogP contribution in [-0.4, -0.2) is 54.6 Å². The second-order valence-electron chi connectivity index (χ2n) is 5.68. The van der Waals surface area contributed by atoms with Gasteiger partial charge in [-0.25, -0.2) is 0 Å². The molecule has 6 nitrogen and oxygen atoms in total. The number of likely N-dealkylation sites (N-methyl/N-ethyl adjacent to an activating group) is 1. The molecule has 116 valence electrons. The number of nitrogens with one attached hydrogen (secondary N) is 2. The van der Waals surface area contributed by atoms with Crippen molar-refractivity contribution in [2.24, 2.45) is 0 Å². The van der Waals surface area contributed by atoms with Crippen LogP contribution in [0.1, 0.15) is 24.2 Å². The molecule has 1 aromatic carbocycles. The second-order valence-corrected chi connectivity index (χ2v) is 5.68. The molecule has 1 aromatic rings. The number of carbonyl (C=O) groups excluding carboxylic acids is 2. The average molecular weight is 293 g/mol. The van der Waals surface area contributed by atoms with Gasteiger partial charge in [-0.15, -0.1) is 0 Å². The molecule has 0 bridgehead atoms. The van der Waals surface area contributed by atoms with E-state index < -0.39 is 5.60 Å². The van der Waals surface area contributed by atoms with E-state index in [1.165, 1.54) is 6.92 Å². The molecule has 0 aliphatic carbocycles. The van der Waals surface area contributed by atoms with Crippen LogP contribution in [0.2, 0.25) is 0 Å². The molecule has 21 heavy (non-hydrogen) atoms. The highest BCUT2D eigenvalue weighted by Gasteiger charge is 2.22. The first-order valence-corrected chi connectivity index (χ1v) is 6.72. The highest BCUT2D eigenvalue weighted by Crippen LogP contribution is 2.11. The van der Waals surface area contributed by atoms with Crippen molar-refractivity contribution >= 4 is 17.5 Å². The molecule has 1 rings (SSSR count). The van der Waals surface area contributed by atoms with Crippen LogP contribution in [0, 0.1) is 0 Å². The zero-order valence-corrected chi connectivity index (χ0v) is 12.9. The Morgan fingerprint density at radius 2 is 2.00 bits per heavy atom. The van der Waals surface area contributed by atoms with Gasteiger partial charge in [-0.1, -0.05) is 6.07 Å². The van der Waals surface area contributed by atoms with Gasteiger partial charge in [0.25, 0.3) is 5.91 Å². The first kappa shape index (κ1) is 17.1. The van der Waals surface area contributed by atoms with Gasteiger partial charge in [0, 0.05) is 31.3 Å². The number of carbonyl (C=O) groups is 2. The van der Waals surface area contributed by atoms with E-state index in [1.807, 2.05) is 19.0 Å². The molecule has 0 aliphatic rings. The largest absolute Gasteiger partial charge is 0.387 e. The molecule has 6 heteroatoms. The lowest BCUT2D eigenvalue weighted by atomic mass is 10.1. The number of rotatable bonds is 6. The van der Waals surface area contributed by atoms with Gasteiger partial charge >= 0.3 is 0 Å². The normalized spacial score (nSPS) is 13.6. The summed E-state index contributed by atoms with van der Waals surface area (Å²) in [6, 6.07) is 6.65. The summed E-state index contributed by atoms with van der Waals surface area (Å²) in [5, 5.41) is 15.5. The van der Waals surface area contributed by atoms with Crippen LogP contribution in [-0.2, 0) is 4.79 Å². The summed E-state index contributed by atoms with van der Waals surface area (Å²) in [4.78, 5) is 24.9. The minimum atomic E-state index is -1.01. The third-order valence-corrected chi connectivity index (χ3v) is 2.73. The zero-order chi connectivity index (χ0) is 16.0. The molecule has 0 fully saturated rings. The Morgan fingerprint density at radius 3 is 2.57 bits per heavy atom. The average Bonchev–Trinajstić information content (AvgIpc) is 2.34. The molecule has 1 atom stereocenters. The molecule has 0 saturated heterocycles. The number of aliphatic hydroxyl groups is 1. The van der Waals surface area contributed by atoms with Crippen molar-refractivity contribution in [1.29, 1.82) is 0 Å². The van der Waals surface area contributed by atoms with Crippen LogP contribution in [0.25, 0.3) is 0 Å². The number of hydrogen-bond acceptors (Lipinski definition) is 4. The maximum atomic E-state index is 12.1. The fourth-order valence-corrected chi connectivity index (χ4v) is 2.05. The lowest BCUT2D eigenvalue weighted by molar-refractivity contribution is -0.114. The van der Waals surface area contributed by atoms with Crippen molar-refractivity contribution in [2.45, 2.75) is 19.4 Å². The van der Waals surface area contributed by atoms with Gasteiger partial charge in [0.15, 0.2) is 0 Å². The van der Waals surface area contributed by atoms with Crippen LogP contribution in [0.15, 0.2) is 24.3 Å². The molecule has 0 aromatic heterocycles. The summed E-state index contributed by atoms with van der Waals surface area (Å²) < 4.78 is 0. The lowest BCUT2D eigenvalue weighted by Gasteiger charge is -2.27. The highest BCUT2D eigenvalue weighted by atomic mass is 16.3. The highest BCUT2D eigenvalue weighted by molar-refractivity contribution is 5.96. The fourth-order valence-electron chi connectivity index (χ4n) is 2.05. The van der Waals surface area contributed by atoms with E-state index in [0.717, 1.165) is 0 Å². The minimum Gasteiger partial charge on any atom is -0.387 e. The Morgan fingerprint density at radius 1 is 1.33 bits per heavy atom. The Labute approximate surface area is 125 Å². The predicted molar refractivity (Wildman–Crippen MR) is 82.3 cm³/mol. The molecule has 0 heterocycles. The van der Waals surface area contributed by atoms with Crippen molar-refractivity contribution < 1.29 is 14.7 Å². The summed E-state index contributed by atoms with van der Waals surface area (Å²) in [6.07, 6.45) is 0. The van der Waals surface area contributed by atoms with E-state index in [1.54, 1.807) is 31.2 Å². The van der Waals surface area contributed by atoms with Crippen molar-refractivity contribution in [3.8, 4) is 0 Å². The molecule has 3 N–H and O–H groups in total. The van der Waals surface area contributed by atoms with Gasteiger partial charge in [-0.3, -0.25) is 9.59 Å². The molecule has 1 unspecified atom stereocenters. The van der Waals surface area contributed by atoms with Crippen molar-refractivity contribution in [3.05, 3.63) is 29.8 Å². The maximum absolute atomic E-state index is 12.1. The van der Waals surface area contributed by atoms with Gasteiger partial charge in [0.1, 0.15) is 0 Å². The zero-order valence-electron chi connectivity index (χ0n) is 12.9. The molecule has 0 saturated carbocycles. The van der Waals surface area contributed by atoms with Crippen molar-refractivity contribution in [3.63, 3.8) is 0 Å². The Balaban J connectivity index is 2.65. The first-order chi connectivity index (χ1) is 9.69. The summed E-state index contributed by atoms with van der Waals surface area (Å²) in [5.74, 6) is -0.484. The molecular formula is C15H23N3O3. The summed E-state index contributed by atoms with van der Waals surface area (Å²) in [6.45, 7) is 3.67. The van der Waals surface area contributed by atoms with Crippen LogP contribution >= 0.6 is 0 Å². The number of anilines is 1. The fraction of sp³-hybridized carbons (Fsp3) is 0.467. The summed E-state index contributed by atoms with van der Waals surface area (Å²) in [5.41, 5.74) is -0.00823. The van der Waals surface area contributed by atoms with E-state index in [-0.39, 0.29) is 18.4 Å². The number of hydrogen-bond donors (Lipinski definition) is 3. The lowest BCUT2D eigenvalue weighted by Crippen LogP contribution is -2.47. The van der Waals surface area contributed by atoms with Gasteiger partial charge < -0.3 is 20.6 Å². The van der Waals surface area contributed by atoms with Crippen LogP contribution in [0.3, 0.4) is 0 Å². The molecule has 0 radical (unpaired) electrons. The Hall–Kier alpha value is -1.92. The monoisotopic (exact) mass is 293 g/mol. The SMILES string of the molecule is CC(=O)Nc1cccc(C(=O)NCC(C)(O)CN(C)C)c1. The van der Waals surface area contributed by atoms with E-state index >= 15 is 0 Å². The second kappa shape index (κ2) is 7.19. The third kappa shape index (κ3) is 6.37. The quantitative estimate of drug-likeness (QED) is 0.720. The Bertz CT molecular complexity index is 513. The smallest absolute Gasteiger partial charge is 0.251 e. The molecule has 2 amide bonds. The number of nitrogens with zero attached hydrogens (tertiary/aromatic N) is 1. The van der Waals surface area contributed by atoms with Crippen LogP contribution < -0.4 is 10.6 Å². The van der Waals surface area contributed by atoms with E-state index in [4.69, 9.17) is 0 Å². The number of amides is 2. The molecule has 0 spiro atoms. The molecule has 0 aliphatic heterocycles. The van der Waals surface area contributed by atoms with Crippen molar-refractivity contribution in [2.75, 3.05) is 32.5 Å². The minimum absolute atomic E-state index is 0.147. The van der Waals surface area contributed by atoms with Gasteiger partial charge in [0.05, 0.1) is 5.60 Å². The summed E-state index contributed by atoms with van der Waals surface area (Å²) in [7, 11) is 3.71. The topological polar surface area (TPSA) is 81.7 Å². The van der Waals surface area contributed by atoms with E-state index in [9.17, 15) is 14.7 Å². The first-order valence-electron chi connectivity index (χ1n) is 6.72. The van der Waals surface area contributed by atoms with Gasteiger partial charge in [-0.05, 0) is 39.2 Å². The third-order valence-electron chi connectivity index (χ3n) is 2.73. The van der Waals surface area contributed by atoms with E-state index in [2.05, 4.69) is 10.6 Å². The number of benzene rings is 1.